The third-order valence-corrected chi connectivity index (χ3v) is 5.28. The molecule has 1 aromatic carbocycles. The Morgan fingerprint density at radius 3 is 3.04 bits per heavy atom. The number of rotatable bonds is 6. The van der Waals surface area contributed by atoms with Gasteiger partial charge in [0.15, 0.2) is 0 Å². The van der Waals surface area contributed by atoms with E-state index in [1.54, 1.807) is 12.3 Å². The summed E-state index contributed by atoms with van der Waals surface area (Å²) in [5.41, 5.74) is 3.46. The molecule has 1 saturated heterocycles. The summed E-state index contributed by atoms with van der Waals surface area (Å²) in [6.45, 7) is 3.80. The predicted molar refractivity (Wildman–Crippen MR) is 106 cm³/mol. The quantitative estimate of drug-likeness (QED) is 0.665. The van der Waals surface area contributed by atoms with Gasteiger partial charge in [0.2, 0.25) is 0 Å². The summed E-state index contributed by atoms with van der Waals surface area (Å²) in [6.07, 6.45) is 3.23. The van der Waals surface area contributed by atoms with Crippen LogP contribution in [-0.2, 0) is 6.42 Å². The molecular weight excluding hydrogens is 378 g/mol. The van der Waals surface area contributed by atoms with Crippen molar-refractivity contribution >= 4 is 17.5 Å². The number of amides is 1. The van der Waals surface area contributed by atoms with Crippen molar-refractivity contribution in [2.24, 2.45) is 0 Å². The van der Waals surface area contributed by atoms with Gasteiger partial charge in [-0.1, -0.05) is 17.7 Å². The number of carbonyl (C=O) groups is 1. The summed E-state index contributed by atoms with van der Waals surface area (Å²) < 4.78 is 5.73. The zero-order valence-electron chi connectivity index (χ0n) is 15.6. The number of carbonyl (C=O) groups excluding carboxylic acids is 1. The SMILES string of the molecule is Cc1[nH]ncc1C(=O)N1CC[C@H](c2cc(CCOc3cccc(Cl)c3)[nH]n2)C1. The van der Waals surface area contributed by atoms with Gasteiger partial charge in [0.1, 0.15) is 5.75 Å². The van der Waals surface area contributed by atoms with Gasteiger partial charge in [-0.25, -0.2) is 0 Å². The molecule has 1 aliphatic rings. The number of hydrogen-bond donors (Lipinski definition) is 2. The van der Waals surface area contributed by atoms with Crippen molar-refractivity contribution in [2.45, 2.75) is 25.7 Å². The van der Waals surface area contributed by atoms with Crippen LogP contribution in [0.5, 0.6) is 5.75 Å². The molecule has 1 aliphatic heterocycles. The van der Waals surface area contributed by atoms with Crippen LogP contribution in [0.25, 0.3) is 0 Å². The molecule has 3 heterocycles. The third-order valence-electron chi connectivity index (χ3n) is 5.04. The molecule has 7 nitrogen and oxygen atoms in total. The van der Waals surface area contributed by atoms with E-state index in [2.05, 4.69) is 26.5 Å². The maximum absolute atomic E-state index is 12.6. The molecule has 8 heteroatoms. The summed E-state index contributed by atoms with van der Waals surface area (Å²) >= 11 is 5.96. The van der Waals surface area contributed by atoms with Gasteiger partial charge in [0.25, 0.3) is 5.91 Å². The van der Waals surface area contributed by atoms with Gasteiger partial charge < -0.3 is 9.64 Å². The molecule has 2 N–H and O–H groups in total. The van der Waals surface area contributed by atoms with Crippen LogP contribution in [0.4, 0.5) is 0 Å². The molecule has 2 aromatic heterocycles. The van der Waals surface area contributed by atoms with Crippen LogP contribution in [0, 0.1) is 6.92 Å². The first-order valence-electron chi connectivity index (χ1n) is 9.32. The van der Waals surface area contributed by atoms with Crippen molar-refractivity contribution in [3.63, 3.8) is 0 Å². The number of ether oxygens (including phenoxy) is 1. The van der Waals surface area contributed by atoms with Gasteiger partial charge in [0, 0.05) is 41.8 Å². The number of H-pyrrole nitrogens is 2. The van der Waals surface area contributed by atoms with Crippen molar-refractivity contribution in [3.05, 3.63) is 64.2 Å². The number of aryl methyl sites for hydroxylation is 1. The fourth-order valence-electron chi connectivity index (χ4n) is 3.48. The lowest BCUT2D eigenvalue weighted by atomic mass is 10.0. The van der Waals surface area contributed by atoms with Crippen LogP contribution in [0.2, 0.25) is 5.02 Å². The van der Waals surface area contributed by atoms with Crippen LogP contribution in [-0.4, -0.2) is 50.9 Å². The summed E-state index contributed by atoms with van der Waals surface area (Å²) in [5.74, 6) is 1.03. The number of aromatic amines is 2. The molecule has 1 atom stereocenters. The lowest BCUT2D eigenvalue weighted by Crippen LogP contribution is -2.28. The smallest absolute Gasteiger partial charge is 0.257 e. The molecule has 146 valence electrons. The third kappa shape index (κ3) is 4.04. The van der Waals surface area contributed by atoms with Crippen molar-refractivity contribution < 1.29 is 9.53 Å². The monoisotopic (exact) mass is 399 g/mol. The molecule has 0 bridgehead atoms. The van der Waals surface area contributed by atoms with Crippen LogP contribution in [0.1, 0.15) is 39.8 Å². The standard InChI is InChI=1S/C20H22ClN5O2/c1-13-18(11-22-23-13)20(27)26-7-5-14(12-26)19-10-16(24-25-19)6-8-28-17-4-2-3-15(21)9-17/h2-4,9-11,14H,5-8,12H2,1H3,(H,22,23)(H,24,25)/t14-/m0/s1. The molecule has 0 saturated carbocycles. The molecule has 0 spiro atoms. The van der Waals surface area contributed by atoms with Gasteiger partial charge >= 0.3 is 0 Å². The minimum atomic E-state index is 0.0273. The molecule has 1 fully saturated rings. The predicted octanol–water partition coefficient (Wildman–Crippen LogP) is 3.35. The van der Waals surface area contributed by atoms with Crippen molar-refractivity contribution in [1.29, 1.82) is 0 Å². The Balaban J connectivity index is 1.31. The molecule has 0 radical (unpaired) electrons. The normalized spacial score (nSPS) is 16.5. The zero-order valence-corrected chi connectivity index (χ0v) is 16.4. The van der Waals surface area contributed by atoms with Gasteiger partial charge in [-0.05, 0) is 37.6 Å². The second-order valence-electron chi connectivity index (χ2n) is 7.02. The van der Waals surface area contributed by atoms with Crippen LogP contribution in [0.15, 0.2) is 36.5 Å². The van der Waals surface area contributed by atoms with Gasteiger partial charge in [-0.2, -0.15) is 10.2 Å². The lowest BCUT2D eigenvalue weighted by molar-refractivity contribution is 0.0790. The molecule has 0 aliphatic carbocycles. The first kappa shape index (κ1) is 18.6. The Morgan fingerprint density at radius 2 is 2.25 bits per heavy atom. The summed E-state index contributed by atoms with van der Waals surface area (Å²) in [6, 6.07) is 9.44. The Labute approximate surface area is 168 Å². The highest BCUT2D eigenvalue weighted by Gasteiger charge is 2.30. The molecule has 4 rings (SSSR count). The maximum Gasteiger partial charge on any atom is 0.257 e. The second-order valence-corrected chi connectivity index (χ2v) is 7.46. The highest BCUT2D eigenvalue weighted by molar-refractivity contribution is 6.30. The molecule has 0 unspecified atom stereocenters. The van der Waals surface area contributed by atoms with Crippen molar-refractivity contribution in [1.82, 2.24) is 25.3 Å². The van der Waals surface area contributed by atoms with Gasteiger partial charge in [-0.15, -0.1) is 0 Å². The number of likely N-dealkylation sites (tertiary alicyclic amines) is 1. The number of benzene rings is 1. The minimum absolute atomic E-state index is 0.0273. The highest BCUT2D eigenvalue weighted by Crippen LogP contribution is 2.27. The van der Waals surface area contributed by atoms with Gasteiger partial charge in [0.05, 0.1) is 24.1 Å². The van der Waals surface area contributed by atoms with E-state index in [9.17, 15) is 4.79 Å². The first-order chi connectivity index (χ1) is 13.6. The fraction of sp³-hybridized carbons (Fsp3) is 0.350. The topological polar surface area (TPSA) is 86.9 Å². The zero-order chi connectivity index (χ0) is 19.5. The first-order valence-corrected chi connectivity index (χ1v) is 9.70. The van der Waals surface area contributed by atoms with E-state index in [-0.39, 0.29) is 11.8 Å². The van der Waals surface area contributed by atoms with E-state index in [0.29, 0.717) is 23.7 Å². The Morgan fingerprint density at radius 1 is 1.36 bits per heavy atom. The fourth-order valence-corrected chi connectivity index (χ4v) is 3.66. The Hall–Kier alpha value is -2.80. The number of nitrogens with one attached hydrogen (secondary N) is 2. The van der Waals surface area contributed by atoms with Crippen molar-refractivity contribution in [2.75, 3.05) is 19.7 Å². The summed E-state index contributed by atoms with van der Waals surface area (Å²) in [7, 11) is 0. The van der Waals surface area contributed by atoms with Crippen molar-refractivity contribution in [3.8, 4) is 5.75 Å². The number of halogens is 1. The van der Waals surface area contributed by atoms with E-state index in [1.807, 2.05) is 30.0 Å². The van der Waals surface area contributed by atoms with E-state index < -0.39 is 0 Å². The molecule has 1 amide bonds. The Bertz CT molecular complexity index is 967. The number of hydrogen-bond acceptors (Lipinski definition) is 4. The number of aromatic nitrogens is 4. The highest BCUT2D eigenvalue weighted by atomic mass is 35.5. The minimum Gasteiger partial charge on any atom is -0.493 e. The van der Waals surface area contributed by atoms with Crippen LogP contribution < -0.4 is 4.74 Å². The van der Waals surface area contributed by atoms with E-state index in [0.717, 1.165) is 42.2 Å². The average Bonchev–Trinajstić information content (AvgIpc) is 3.41. The van der Waals surface area contributed by atoms with E-state index in [1.165, 1.54) is 0 Å². The second kappa shape index (κ2) is 8.06. The molecule has 3 aromatic rings. The summed E-state index contributed by atoms with van der Waals surface area (Å²) in [5, 5.41) is 15.0. The largest absolute Gasteiger partial charge is 0.493 e. The maximum atomic E-state index is 12.6. The average molecular weight is 400 g/mol. The molecule has 28 heavy (non-hydrogen) atoms. The summed E-state index contributed by atoms with van der Waals surface area (Å²) in [4.78, 5) is 14.5. The van der Waals surface area contributed by atoms with E-state index in [4.69, 9.17) is 16.3 Å². The van der Waals surface area contributed by atoms with Gasteiger partial charge in [-0.3, -0.25) is 15.0 Å². The van der Waals surface area contributed by atoms with E-state index >= 15 is 0 Å². The lowest BCUT2D eigenvalue weighted by Gasteiger charge is -2.15. The van der Waals surface area contributed by atoms with Crippen LogP contribution >= 0.6 is 11.6 Å². The number of nitrogens with zero attached hydrogens (tertiary/aromatic N) is 3. The molecular formula is C20H22ClN5O2. The van der Waals surface area contributed by atoms with Crippen LogP contribution in [0.3, 0.4) is 0 Å². The Kier molecular flexibility index (Phi) is 5.34.